The Morgan fingerprint density at radius 3 is 2.62 bits per heavy atom. The van der Waals surface area contributed by atoms with Gasteiger partial charge in [-0.25, -0.2) is 4.98 Å². The topological polar surface area (TPSA) is 101 Å². The van der Waals surface area contributed by atoms with Crippen LogP contribution in [-0.2, 0) is 13.1 Å². The van der Waals surface area contributed by atoms with Gasteiger partial charge >= 0.3 is 0 Å². The summed E-state index contributed by atoms with van der Waals surface area (Å²) < 4.78 is 16.5. The van der Waals surface area contributed by atoms with Crippen molar-refractivity contribution in [1.82, 2.24) is 15.3 Å². The van der Waals surface area contributed by atoms with Crippen LogP contribution in [0, 0.1) is 0 Å². The van der Waals surface area contributed by atoms with Crippen LogP contribution in [0.25, 0.3) is 0 Å². The van der Waals surface area contributed by atoms with Gasteiger partial charge in [-0.2, -0.15) is 4.98 Å². The van der Waals surface area contributed by atoms with Gasteiger partial charge in [0.2, 0.25) is 11.7 Å². The number of anilines is 2. The summed E-state index contributed by atoms with van der Waals surface area (Å²) in [5, 5.41) is 16.7. The van der Waals surface area contributed by atoms with Crippen LogP contribution >= 0.6 is 0 Å². The maximum absolute atomic E-state index is 9.77. The summed E-state index contributed by atoms with van der Waals surface area (Å²) in [6.07, 6.45) is 8.35. The van der Waals surface area contributed by atoms with E-state index in [0.717, 1.165) is 60.8 Å². The highest BCUT2D eigenvalue weighted by atomic mass is 16.5. The van der Waals surface area contributed by atoms with E-state index in [1.54, 1.807) is 21.3 Å². The Bertz CT molecular complexity index is 1110. The molecular weight excluding hydrogens is 434 g/mol. The fourth-order valence-corrected chi connectivity index (χ4v) is 4.91. The zero-order valence-electron chi connectivity index (χ0n) is 19.8. The van der Waals surface area contributed by atoms with Gasteiger partial charge in [0.15, 0.2) is 11.5 Å². The van der Waals surface area contributed by atoms with Crippen LogP contribution < -0.4 is 29.7 Å². The number of nitrogens with one attached hydrogen (secondary N) is 2. The number of methoxy groups -OCH3 is 3. The average Bonchev–Trinajstić information content (AvgIpc) is 3.63. The number of aromatic nitrogens is 2. The van der Waals surface area contributed by atoms with Crippen molar-refractivity contribution in [2.75, 3.05) is 44.7 Å². The monoisotopic (exact) mass is 465 g/mol. The molecule has 180 valence electrons. The summed E-state index contributed by atoms with van der Waals surface area (Å²) in [5.41, 5.74) is 4.12. The SMILES string of the molecule is COc1cc(C2C=CC(Nc3nc(N4CCC[C@H]4CO)nc4c3CNC4)=C2)cc(OC)c1OC. The van der Waals surface area contributed by atoms with E-state index in [-0.39, 0.29) is 18.6 Å². The maximum atomic E-state index is 9.77. The van der Waals surface area contributed by atoms with Gasteiger partial charge in [-0.3, -0.25) is 0 Å². The van der Waals surface area contributed by atoms with E-state index < -0.39 is 0 Å². The Hall–Kier alpha value is -3.30. The molecule has 3 aliphatic rings. The quantitative estimate of drug-likeness (QED) is 0.543. The van der Waals surface area contributed by atoms with Gasteiger partial charge in [0.25, 0.3) is 0 Å². The van der Waals surface area contributed by atoms with Crippen LogP contribution in [0.5, 0.6) is 17.2 Å². The standard InChI is InChI=1S/C25H31N5O4/c1-32-21-10-16(11-22(33-2)23(21)34-3)15-6-7-17(9-15)27-24-19-12-26-13-20(19)28-25(29-24)30-8-4-5-18(30)14-31/h6-7,9-11,15,18,26,31H,4-5,8,12-14H2,1-3H3,(H,27,28,29)/t15?,18-/m0/s1. The molecule has 0 amide bonds. The molecule has 1 unspecified atom stereocenters. The Labute approximate surface area is 199 Å². The molecule has 1 fully saturated rings. The minimum atomic E-state index is 0.0565. The van der Waals surface area contributed by atoms with E-state index in [1.807, 2.05) is 12.1 Å². The largest absolute Gasteiger partial charge is 0.493 e. The van der Waals surface area contributed by atoms with Crippen molar-refractivity contribution >= 4 is 11.8 Å². The Morgan fingerprint density at radius 2 is 1.91 bits per heavy atom. The summed E-state index contributed by atoms with van der Waals surface area (Å²) in [7, 11) is 4.85. The molecule has 0 saturated carbocycles. The van der Waals surface area contributed by atoms with Gasteiger partial charge in [-0.05, 0) is 42.7 Å². The highest BCUT2D eigenvalue weighted by Crippen LogP contribution is 2.41. The smallest absolute Gasteiger partial charge is 0.227 e. The summed E-state index contributed by atoms with van der Waals surface area (Å²) in [4.78, 5) is 11.8. The summed E-state index contributed by atoms with van der Waals surface area (Å²) in [6.45, 7) is 2.43. The summed E-state index contributed by atoms with van der Waals surface area (Å²) in [5.74, 6) is 3.40. The second-order valence-electron chi connectivity index (χ2n) is 8.66. The van der Waals surface area contributed by atoms with E-state index in [1.165, 1.54) is 0 Å². The molecule has 0 spiro atoms. The number of ether oxygens (including phenoxy) is 3. The maximum Gasteiger partial charge on any atom is 0.227 e. The minimum absolute atomic E-state index is 0.0565. The second kappa shape index (κ2) is 9.52. The number of benzene rings is 1. The lowest BCUT2D eigenvalue weighted by Gasteiger charge is -2.24. The molecule has 2 atom stereocenters. The third-order valence-electron chi connectivity index (χ3n) is 6.70. The minimum Gasteiger partial charge on any atom is -0.493 e. The zero-order chi connectivity index (χ0) is 23.7. The lowest BCUT2D eigenvalue weighted by Crippen LogP contribution is -2.33. The fourth-order valence-electron chi connectivity index (χ4n) is 4.91. The van der Waals surface area contributed by atoms with Gasteiger partial charge < -0.3 is 34.9 Å². The van der Waals surface area contributed by atoms with Crippen LogP contribution in [0.4, 0.5) is 11.8 Å². The third-order valence-corrected chi connectivity index (χ3v) is 6.70. The highest BCUT2D eigenvalue weighted by Gasteiger charge is 2.29. The van der Waals surface area contributed by atoms with Crippen molar-refractivity contribution in [2.24, 2.45) is 0 Å². The molecule has 5 rings (SSSR count). The molecule has 3 N–H and O–H groups in total. The van der Waals surface area contributed by atoms with Crippen molar-refractivity contribution in [3.63, 3.8) is 0 Å². The first-order chi connectivity index (χ1) is 16.6. The van der Waals surface area contributed by atoms with Gasteiger partial charge in [-0.15, -0.1) is 0 Å². The lowest BCUT2D eigenvalue weighted by molar-refractivity contribution is 0.265. The van der Waals surface area contributed by atoms with E-state index in [4.69, 9.17) is 24.2 Å². The Morgan fingerprint density at radius 1 is 1.12 bits per heavy atom. The van der Waals surface area contributed by atoms with E-state index in [0.29, 0.717) is 23.2 Å². The molecular formula is C25H31N5O4. The van der Waals surface area contributed by atoms with Crippen molar-refractivity contribution in [3.05, 3.63) is 52.9 Å². The van der Waals surface area contributed by atoms with Crippen LogP contribution in [-0.4, -0.2) is 55.6 Å². The molecule has 34 heavy (non-hydrogen) atoms. The number of fused-ring (bicyclic) bond motifs is 1. The fraction of sp³-hybridized carbons (Fsp3) is 0.440. The van der Waals surface area contributed by atoms with E-state index >= 15 is 0 Å². The molecule has 9 heteroatoms. The van der Waals surface area contributed by atoms with Gasteiger partial charge in [0.1, 0.15) is 5.82 Å². The van der Waals surface area contributed by atoms with Gasteiger partial charge in [0, 0.05) is 36.8 Å². The summed E-state index contributed by atoms with van der Waals surface area (Å²) in [6, 6.07) is 4.03. The van der Waals surface area contributed by atoms with Crippen molar-refractivity contribution in [3.8, 4) is 17.2 Å². The normalized spacial score (nSPS) is 20.9. The van der Waals surface area contributed by atoms with Crippen LogP contribution in [0.3, 0.4) is 0 Å². The number of aliphatic hydroxyl groups excluding tert-OH is 1. The first kappa shape index (κ1) is 22.5. The van der Waals surface area contributed by atoms with Gasteiger partial charge in [0.05, 0.1) is 39.7 Å². The molecule has 3 heterocycles. The predicted octanol–water partition coefficient (Wildman–Crippen LogP) is 2.72. The van der Waals surface area contributed by atoms with Crippen molar-refractivity contribution in [2.45, 2.75) is 37.9 Å². The Balaban J connectivity index is 1.42. The highest BCUT2D eigenvalue weighted by molar-refractivity contribution is 5.61. The molecule has 1 aromatic heterocycles. The van der Waals surface area contributed by atoms with Crippen molar-refractivity contribution in [1.29, 1.82) is 0 Å². The first-order valence-electron chi connectivity index (χ1n) is 11.6. The number of rotatable bonds is 8. The summed E-state index contributed by atoms with van der Waals surface area (Å²) >= 11 is 0. The predicted molar refractivity (Wildman–Crippen MR) is 130 cm³/mol. The van der Waals surface area contributed by atoms with Gasteiger partial charge in [-0.1, -0.05) is 6.08 Å². The molecule has 2 aromatic rings. The number of nitrogens with zero attached hydrogens (tertiary/aromatic N) is 3. The number of allylic oxidation sites excluding steroid dienone is 3. The average molecular weight is 466 g/mol. The molecule has 2 aliphatic heterocycles. The number of aliphatic hydroxyl groups is 1. The second-order valence-corrected chi connectivity index (χ2v) is 8.66. The van der Waals surface area contributed by atoms with E-state index in [2.05, 4.69) is 33.8 Å². The molecule has 9 nitrogen and oxygen atoms in total. The first-order valence-corrected chi connectivity index (χ1v) is 11.6. The van der Waals surface area contributed by atoms with Crippen molar-refractivity contribution < 1.29 is 19.3 Å². The number of hydrogen-bond acceptors (Lipinski definition) is 9. The Kier molecular flexibility index (Phi) is 6.30. The third kappa shape index (κ3) is 4.05. The van der Waals surface area contributed by atoms with Crippen LogP contribution in [0.15, 0.2) is 36.1 Å². The van der Waals surface area contributed by atoms with Crippen LogP contribution in [0.1, 0.15) is 35.6 Å². The number of hydrogen-bond donors (Lipinski definition) is 3. The zero-order valence-corrected chi connectivity index (χ0v) is 19.8. The molecule has 1 aromatic carbocycles. The molecule has 0 bridgehead atoms. The lowest BCUT2D eigenvalue weighted by atomic mass is 10.00. The molecule has 0 radical (unpaired) electrons. The van der Waals surface area contributed by atoms with E-state index in [9.17, 15) is 5.11 Å². The van der Waals surface area contributed by atoms with Crippen LogP contribution in [0.2, 0.25) is 0 Å². The molecule has 1 aliphatic carbocycles. The molecule has 1 saturated heterocycles.